The Morgan fingerprint density at radius 3 is 2.78 bits per heavy atom. The Morgan fingerprint density at radius 2 is 2.13 bits per heavy atom. The zero-order chi connectivity index (χ0) is 17.0. The van der Waals surface area contributed by atoms with Crippen LogP contribution in [0.5, 0.6) is 0 Å². The van der Waals surface area contributed by atoms with Crippen LogP contribution in [0.2, 0.25) is 0 Å². The third kappa shape index (κ3) is 5.22. The van der Waals surface area contributed by atoms with Gasteiger partial charge in [0.2, 0.25) is 10.0 Å². The van der Waals surface area contributed by atoms with E-state index in [0.717, 1.165) is 5.75 Å². The predicted octanol–water partition coefficient (Wildman–Crippen LogP) is 0.507. The molecule has 2 rings (SSSR count). The van der Waals surface area contributed by atoms with E-state index in [2.05, 4.69) is 0 Å². The van der Waals surface area contributed by atoms with Gasteiger partial charge in [-0.2, -0.15) is 11.8 Å². The average molecular weight is 358 g/mol. The number of rotatable bonds is 5. The number of carbonyl (C=O) groups is 2. The first-order valence-corrected chi connectivity index (χ1v) is 9.83. The number of thioether (sulfide) groups is 1. The minimum Gasteiger partial charge on any atom is -0.481 e. The van der Waals surface area contributed by atoms with Crippen molar-refractivity contribution in [1.82, 2.24) is 4.90 Å². The summed E-state index contributed by atoms with van der Waals surface area (Å²) in [4.78, 5) is 25.2. The van der Waals surface area contributed by atoms with Gasteiger partial charge in [-0.3, -0.25) is 9.59 Å². The van der Waals surface area contributed by atoms with Crippen molar-refractivity contribution in [3.05, 3.63) is 35.4 Å². The van der Waals surface area contributed by atoms with E-state index in [1.54, 1.807) is 34.9 Å². The number of hydrogen-bond donors (Lipinski definition) is 2. The molecule has 1 aromatic rings. The molecule has 0 radical (unpaired) electrons. The second-order valence-electron chi connectivity index (χ2n) is 5.33. The van der Waals surface area contributed by atoms with Crippen molar-refractivity contribution >= 4 is 33.7 Å². The molecule has 1 fully saturated rings. The fourth-order valence-corrected chi connectivity index (χ4v) is 4.19. The molecule has 1 amide bonds. The number of nitrogens with two attached hydrogens (primary N) is 1. The Kier molecular flexibility index (Phi) is 5.66. The molecule has 9 heteroatoms. The number of benzene rings is 1. The highest BCUT2D eigenvalue weighted by Gasteiger charge is 2.29. The van der Waals surface area contributed by atoms with Crippen molar-refractivity contribution < 1.29 is 23.1 Å². The predicted molar refractivity (Wildman–Crippen MR) is 87.7 cm³/mol. The van der Waals surface area contributed by atoms with E-state index in [0.29, 0.717) is 23.4 Å². The molecule has 0 aromatic heterocycles. The fourth-order valence-electron chi connectivity index (χ4n) is 2.49. The van der Waals surface area contributed by atoms with Crippen LogP contribution in [0.25, 0.3) is 0 Å². The van der Waals surface area contributed by atoms with Gasteiger partial charge in [0.15, 0.2) is 0 Å². The quantitative estimate of drug-likeness (QED) is 0.792. The summed E-state index contributed by atoms with van der Waals surface area (Å²) in [5.41, 5.74) is 0.771. The molecule has 0 aliphatic carbocycles. The van der Waals surface area contributed by atoms with Gasteiger partial charge < -0.3 is 10.0 Å². The number of sulfonamides is 1. The molecule has 126 valence electrons. The van der Waals surface area contributed by atoms with Gasteiger partial charge in [0.25, 0.3) is 5.91 Å². The second-order valence-corrected chi connectivity index (χ2v) is 8.10. The smallest absolute Gasteiger partial charge is 0.305 e. The van der Waals surface area contributed by atoms with E-state index in [9.17, 15) is 18.0 Å². The van der Waals surface area contributed by atoms with Crippen LogP contribution in [0.3, 0.4) is 0 Å². The molecule has 1 aliphatic rings. The molecule has 0 bridgehead atoms. The average Bonchev–Trinajstić information content (AvgIpc) is 2.45. The number of aliphatic carboxylic acids is 1. The lowest BCUT2D eigenvalue weighted by molar-refractivity contribution is -0.138. The van der Waals surface area contributed by atoms with Crippen LogP contribution in [-0.4, -0.2) is 54.4 Å². The highest BCUT2D eigenvalue weighted by Crippen LogP contribution is 2.22. The summed E-state index contributed by atoms with van der Waals surface area (Å²) < 4.78 is 22.3. The monoisotopic (exact) mass is 358 g/mol. The molecule has 1 aliphatic heterocycles. The number of amides is 1. The van der Waals surface area contributed by atoms with Gasteiger partial charge in [0.05, 0.1) is 18.2 Å². The molecule has 1 aromatic carbocycles. The summed E-state index contributed by atoms with van der Waals surface area (Å²) in [5.74, 6) is -0.248. The van der Waals surface area contributed by atoms with Crippen LogP contribution < -0.4 is 5.14 Å². The van der Waals surface area contributed by atoms with E-state index in [1.165, 1.54) is 6.07 Å². The normalized spacial score (nSPS) is 18.7. The molecule has 0 spiro atoms. The van der Waals surface area contributed by atoms with Crippen molar-refractivity contribution in [3.8, 4) is 0 Å². The van der Waals surface area contributed by atoms with Crippen molar-refractivity contribution in [2.45, 2.75) is 18.2 Å². The fraction of sp³-hybridized carbons (Fsp3) is 0.429. The molecule has 1 atom stereocenters. The molecule has 3 N–H and O–H groups in total. The molecular formula is C14H18N2O5S2. The standard InChI is InChI=1S/C14H18N2O5S2/c15-23(20,21)9-10-2-1-3-11(6-10)14(19)16-4-5-22-8-12(16)7-13(17)18/h1-3,6,12H,4-5,7-9H2,(H,17,18)(H2,15,20,21). The first kappa shape index (κ1) is 17.8. The van der Waals surface area contributed by atoms with Crippen LogP contribution in [0.15, 0.2) is 24.3 Å². The number of carboxylic acid groups (broad SMARTS) is 1. The Morgan fingerprint density at radius 1 is 1.39 bits per heavy atom. The SMILES string of the molecule is NS(=O)(=O)Cc1cccc(C(=O)N2CCSCC2CC(=O)O)c1. The van der Waals surface area contributed by atoms with Crippen molar-refractivity contribution in [3.63, 3.8) is 0 Å². The highest BCUT2D eigenvalue weighted by molar-refractivity contribution is 7.99. The van der Waals surface area contributed by atoms with Crippen LogP contribution in [-0.2, 0) is 20.6 Å². The summed E-state index contributed by atoms with van der Waals surface area (Å²) in [6.45, 7) is 0.473. The van der Waals surface area contributed by atoms with Gasteiger partial charge in [-0.15, -0.1) is 0 Å². The number of hydrogen-bond acceptors (Lipinski definition) is 5. The topological polar surface area (TPSA) is 118 Å². The van der Waals surface area contributed by atoms with Crippen molar-refractivity contribution in [2.75, 3.05) is 18.1 Å². The summed E-state index contributed by atoms with van der Waals surface area (Å²) in [6, 6.07) is 5.90. The van der Waals surface area contributed by atoms with Gasteiger partial charge in [-0.1, -0.05) is 12.1 Å². The maximum Gasteiger partial charge on any atom is 0.305 e. The van der Waals surface area contributed by atoms with E-state index in [1.807, 2.05) is 0 Å². The Labute approximate surface area is 138 Å². The van der Waals surface area contributed by atoms with E-state index in [-0.39, 0.29) is 24.1 Å². The van der Waals surface area contributed by atoms with E-state index in [4.69, 9.17) is 10.2 Å². The van der Waals surface area contributed by atoms with E-state index >= 15 is 0 Å². The first-order chi connectivity index (χ1) is 10.8. The van der Waals surface area contributed by atoms with Gasteiger partial charge in [0, 0.05) is 23.6 Å². The largest absolute Gasteiger partial charge is 0.481 e. The van der Waals surface area contributed by atoms with Crippen LogP contribution in [0, 0.1) is 0 Å². The van der Waals surface area contributed by atoms with E-state index < -0.39 is 16.0 Å². The zero-order valence-corrected chi connectivity index (χ0v) is 14.0. The summed E-state index contributed by atoms with van der Waals surface area (Å²) in [5, 5.41) is 14.0. The number of carbonyl (C=O) groups excluding carboxylic acids is 1. The lowest BCUT2D eigenvalue weighted by atomic mass is 10.1. The lowest BCUT2D eigenvalue weighted by Gasteiger charge is -2.34. The Bertz CT molecular complexity index is 705. The molecule has 1 heterocycles. The number of nitrogens with zero attached hydrogens (tertiary/aromatic N) is 1. The minimum atomic E-state index is -3.68. The van der Waals surface area contributed by atoms with Crippen LogP contribution in [0.4, 0.5) is 0 Å². The molecular weight excluding hydrogens is 340 g/mol. The van der Waals surface area contributed by atoms with Crippen LogP contribution >= 0.6 is 11.8 Å². The number of primary sulfonamides is 1. The van der Waals surface area contributed by atoms with Gasteiger partial charge in [-0.25, -0.2) is 13.6 Å². The van der Waals surface area contributed by atoms with Crippen LogP contribution in [0.1, 0.15) is 22.3 Å². The van der Waals surface area contributed by atoms with Gasteiger partial charge in [-0.05, 0) is 17.7 Å². The molecule has 1 unspecified atom stereocenters. The maximum absolute atomic E-state index is 12.7. The lowest BCUT2D eigenvalue weighted by Crippen LogP contribution is -2.47. The zero-order valence-electron chi connectivity index (χ0n) is 12.3. The highest BCUT2D eigenvalue weighted by atomic mass is 32.2. The molecule has 23 heavy (non-hydrogen) atoms. The summed E-state index contributed by atoms with van der Waals surface area (Å²) >= 11 is 1.62. The van der Waals surface area contributed by atoms with Gasteiger partial charge in [0.1, 0.15) is 0 Å². The third-order valence-electron chi connectivity index (χ3n) is 3.44. The molecule has 1 saturated heterocycles. The third-order valence-corrected chi connectivity index (χ3v) is 5.27. The summed E-state index contributed by atoms with van der Waals surface area (Å²) in [6.07, 6.45) is -0.102. The first-order valence-electron chi connectivity index (χ1n) is 6.96. The second kappa shape index (κ2) is 7.33. The van der Waals surface area contributed by atoms with Crippen molar-refractivity contribution in [2.24, 2.45) is 5.14 Å². The minimum absolute atomic E-state index is 0.102. The molecule has 0 saturated carbocycles. The Hall–Kier alpha value is -1.58. The Balaban J connectivity index is 2.21. The molecule has 7 nitrogen and oxygen atoms in total. The van der Waals surface area contributed by atoms with Gasteiger partial charge >= 0.3 is 5.97 Å². The maximum atomic E-state index is 12.7. The number of carboxylic acids is 1. The summed E-state index contributed by atoms with van der Waals surface area (Å²) in [7, 11) is -3.68. The van der Waals surface area contributed by atoms with Crippen molar-refractivity contribution in [1.29, 1.82) is 0 Å².